The molecule has 0 radical (unpaired) electrons. The minimum atomic E-state index is -0.412. The molecule has 0 fully saturated rings. The van der Waals surface area contributed by atoms with E-state index < -0.39 is 6.04 Å². The summed E-state index contributed by atoms with van der Waals surface area (Å²) in [6.45, 7) is 0. The molecule has 3 heterocycles. The molecule has 2 aliphatic rings. The Morgan fingerprint density at radius 3 is 2.93 bits per heavy atom. The number of nitrogen functional groups attached to an aromatic ring is 1. The van der Waals surface area contributed by atoms with Gasteiger partial charge < -0.3 is 15.5 Å². The van der Waals surface area contributed by atoms with Crippen molar-refractivity contribution in [3.05, 3.63) is 70.3 Å². The van der Waals surface area contributed by atoms with Crippen LogP contribution in [0.4, 0.5) is 11.9 Å². The van der Waals surface area contributed by atoms with E-state index in [1.165, 1.54) is 0 Å². The number of allylic oxidation sites excluding steroid dienone is 2. The van der Waals surface area contributed by atoms with E-state index in [-0.39, 0.29) is 17.6 Å². The van der Waals surface area contributed by atoms with E-state index in [1.807, 2.05) is 30.3 Å². The van der Waals surface area contributed by atoms with E-state index in [0.717, 1.165) is 17.0 Å². The maximum atomic E-state index is 13.2. The number of carbonyl (C=O) groups is 1. The van der Waals surface area contributed by atoms with Gasteiger partial charge in [0.1, 0.15) is 11.8 Å². The van der Waals surface area contributed by atoms with Crippen LogP contribution < -0.4 is 11.1 Å². The van der Waals surface area contributed by atoms with Gasteiger partial charge in [-0.05, 0) is 36.2 Å². The molecular formula is C19H16ClN5O2. The average molecular weight is 382 g/mol. The molecular weight excluding hydrogens is 366 g/mol. The van der Waals surface area contributed by atoms with Gasteiger partial charge in [-0.15, -0.1) is 5.10 Å². The Hall–Kier alpha value is -3.06. The molecule has 27 heavy (non-hydrogen) atoms. The number of rotatable bonds is 2. The lowest BCUT2D eigenvalue weighted by molar-refractivity contribution is -0.117. The zero-order chi connectivity index (χ0) is 18.5. The highest BCUT2D eigenvalue weighted by atomic mass is 35.5. The molecule has 8 heteroatoms. The summed E-state index contributed by atoms with van der Waals surface area (Å²) in [4.78, 5) is 17.4. The molecule has 0 saturated carbocycles. The van der Waals surface area contributed by atoms with Crippen LogP contribution in [0.3, 0.4) is 0 Å². The van der Waals surface area contributed by atoms with Crippen molar-refractivity contribution in [3.63, 3.8) is 0 Å². The number of furan rings is 1. The molecule has 1 aliphatic heterocycles. The predicted octanol–water partition coefficient (Wildman–Crippen LogP) is 3.52. The Balaban J connectivity index is 1.65. The Bertz CT molecular complexity index is 1070. The number of halogens is 1. The zero-order valence-electron chi connectivity index (χ0n) is 14.2. The first kappa shape index (κ1) is 16.1. The third kappa shape index (κ3) is 2.62. The molecule has 0 bridgehead atoms. The molecule has 5 rings (SSSR count). The van der Waals surface area contributed by atoms with Gasteiger partial charge in [0.2, 0.25) is 11.9 Å². The number of nitrogens with one attached hydrogen (secondary N) is 1. The van der Waals surface area contributed by atoms with Crippen LogP contribution in [0.25, 0.3) is 0 Å². The maximum absolute atomic E-state index is 13.2. The Kier molecular flexibility index (Phi) is 3.58. The van der Waals surface area contributed by atoms with Crippen LogP contribution in [-0.4, -0.2) is 20.5 Å². The number of nitrogens with zero attached hydrogens (tertiary/aromatic N) is 3. The first-order valence-corrected chi connectivity index (χ1v) is 9.02. The number of nitrogens with two attached hydrogens (primary N) is 1. The van der Waals surface area contributed by atoms with Gasteiger partial charge in [-0.3, -0.25) is 4.79 Å². The van der Waals surface area contributed by atoms with Crippen molar-refractivity contribution in [2.24, 2.45) is 0 Å². The minimum absolute atomic E-state index is 0.00872. The van der Waals surface area contributed by atoms with Crippen LogP contribution in [0, 0.1) is 0 Å². The number of hydrogen-bond acceptors (Lipinski definition) is 6. The molecule has 7 nitrogen and oxygen atoms in total. The average Bonchev–Trinajstić information content (AvgIpc) is 3.28. The Morgan fingerprint density at radius 1 is 1.26 bits per heavy atom. The van der Waals surface area contributed by atoms with Gasteiger partial charge in [0, 0.05) is 28.6 Å². The lowest BCUT2D eigenvalue weighted by atomic mass is 9.79. The number of Topliss-reactive ketones (excluding diaryl/α,β-unsaturated/α-hetero) is 1. The molecule has 136 valence electrons. The molecule has 2 aromatic heterocycles. The molecule has 2 atom stereocenters. The van der Waals surface area contributed by atoms with Gasteiger partial charge in [0.15, 0.2) is 5.78 Å². The van der Waals surface area contributed by atoms with Crippen molar-refractivity contribution in [1.82, 2.24) is 14.8 Å². The fraction of sp³-hybridized carbons (Fsp3) is 0.211. The molecule has 0 spiro atoms. The molecule has 1 aromatic carbocycles. The van der Waals surface area contributed by atoms with E-state index in [4.69, 9.17) is 21.8 Å². The third-order valence-electron chi connectivity index (χ3n) is 5.05. The fourth-order valence-corrected chi connectivity index (χ4v) is 4.14. The van der Waals surface area contributed by atoms with Crippen molar-refractivity contribution in [3.8, 4) is 0 Å². The smallest absolute Gasteiger partial charge is 0.241 e. The molecule has 3 N–H and O–H groups in total. The second kappa shape index (κ2) is 5.99. The summed E-state index contributed by atoms with van der Waals surface area (Å²) in [7, 11) is 0. The number of ketones is 1. The van der Waals surface area contributed by atoms with Crippen LogP contribution in [0.15, 0.2) is 58.3 Å². The first-order valence-electron chi connectivity index (χ1n) is 8.64. The summed E-state index contributed by atoms with van der Waals surface area (Å²) in [5, 5.41) is 8.15. The standard InChI is InChI=1S/C19H16ClN5O2/c20-12-4-1-3-10(7-12)17-16-13(22-19-23-18(21)24-25(17)19)8-11(9-14(16)26)15-5-2-6-27-15/h1-7,11,17H,8-9H2,(H3,21,22,23,24)/t11-,17-/m0/s1. The summed E-state index contributed by atoms with van der Waals surface area (Å²) >= 11 is 6.20. The summed E-state index contributed by atoms with van der Waals surface area (Å²) in [5.41, 5.74) is 8.21. The van der Waals surface area contributed by atoms with Crippen molar-refractivity contribution >= 4 is 29.3 Å². The van der Waals surface area contributed by atoms with Crippen molar-refractivity contribution in [2.45, 2.75) is 24.8 Å². The Labute approximate surface area is 159 Å². The van der Waals surface area contributed by atoms with Crippen LogP contribution in [0.2, 0.25) is 5.02 Å². The second-order valence-corrected chi connectivity index (χ2v) is 7.19. The zero-order valence-corrected chi connectivity index (χ0v) is 15.0. The van der Waals surface area contributed by atoms with Crippen LogP contribution in [0.5, 0.6) is 0 Å². The van der Waals surface area contributed by atoms with Gasteiger partial charge >= 0.3 is 0 Å². The summed E-state index contributed by atoms with van der Waals surface area (Å²) in [5.74, 6) is 1.52. The number of carbonyl (C=O) groups excluding carboxylic acids is 1. The van der Waals surface area contributed by atoms with Gasteiger partial charge in [-0.25, -0.2) is 4.68 Å². The monoisotopic (exact) mass is 381 g/mol. The van der Waals surface area contributed by atoms with Crippen LogP contribution in [-0.2, 0) is 4.79 Å². The number of benzene rings is 1. The molecule has 0 saturated heterocycles. The minimum Gasteiger partial charge on any atom is -0.469 e. The summed E-state index contributed by atoms with van der Waals surface area (Å²) in [6, 6.07) is 10.8. The largest absolute Gasteiger partial charge is 0.469 e. The normalized spacial score (nSPS) is 21.6. The predicted molar refractivity (Wildman–Crippen MR) is 100 cm³/mol. The van der Waals surface area contributed by atoms with E-state index in [9.17, 15) is 4.79 Å². The summed E-state index contributed by atoms with van der Waals surface area (Å²) in [6.07, 6.45) is 2.66. The van der Waals surface area contributed by atoms with Crippen molar-refractivity contribution < 1.29 is 9.21 Å². The van der Waals surface area contributed by atoms with E-state index in [1.54, 1.807) is 17.0 Å². The molecule has 3 aromatic rings. The quantitative estimate of drug-likeness (QED) is 0.704. The lowest BCUT2D eigenvalue weighted by Crippen LogP contribution is -2.33. The van der Waals surface area contributed by atoms with Gasteiger partial charge in [0.05, 0.1) is 6.26 Å². The molecule has 1 aliphatic carbocycles. The van der Waals surface area contributed by atoms with E-state index in [2.05, 4.69) is 15.4 Å². The number of hydrogen-bond donors (Lipinski definition) is 2. The first-order chi connectivity index (χ1) is 13.1. The summed E-state index contributed by atoms with van der Waals surface area (Å²) < 4.78 is 7.19. The van der Waals surface area contributed by atoms with Crippen LogP contribution in [0.1, 0.15) is 36.1 Å². The fourth-order valence-electron chi connectivity index (χ4n) is 3.94. The van der Waals surface area contributed by atoms with Gasteiger partial charge in [-0.2, -0.15) is 4.98 Å². The number of fused-ring (bicyclic) bond motifs is 1. The highest BCUT2D eigenvalue weighted by molar-refractivity contribution is 6.30. The maximum Gasteiger partial charge on any atom is 0.241 e. The lowest BCUT2D eigenvalue weighted by Gasteiger charge is -2.34. The highest BCUT2D eigenvalue weighted by Gasteiger charge is 2.40. The van der Waals surface area contributed by atoms with Crippen molar-refractivity contribution in [2.75, 3.05) is 11.1 Å². The van der Waals surface area contributed by atoms with Gasteiger partial charge in [0.25, 0.3) is 0 Å². The highest BCUT2D eigenvalue weighted by Crippen LogP contribution is 2.44. The topological polar surface area (TPSA) is 99.0 Å². The SMILES string of the molecule is Nc1nc2n(n1)[C@@H](c1cccc(Cl)c1)C1=C(C[C@H](c3ccco3)CC1=O)N2. The number of aromatic nitrogens is 3. The Morgan fingerprint density at radius 2 is 2.15 bits per heavy atom. The van der Waals surface area contributed by atoms with Crippen molar-refractivity contribution in [1.29, 1.82) is 0 Å². The van der Waals surface area contributed by atoms with Gasteiger partial charge in [-0.1, -0.05) is 23.7 Å². The molecule has 0 amide bonds. The number of anilines is 2. The van der Waals surface area contributed by atoms with E-state index in [0.29, 0.717) is 29.4 Å². The molecule has 0 unspecified atom stereocenters. The third-order valence-corrected chi connectivity index (χ3v) is 5.28. The van der Waals surface area contributed by atoms with E-state index >= 15 is 0 Å². The van der Waals surface area contributed by atoms with Crippen LogP contribution >= 0.6 is 11.6 Å². The second-order valence-electron chi connectivity index (χ2n) is 6.76.